The molecule has 0 bridgehead atoms. The van der Waals surface area contributed by atoms with Crippen molar-refractivity contribution < 1.29 is 27.8 Å². The van der Waals surface area contributed by atoms with Crippen LogP contribution in [0.2, 0.25) is 5.02 Å². The molecule has 1 amide bonds. The smallest absolute Gasteiger partial charge is 0.255 e. The maximum Gasteiger partial charge on any atom is 0.255 e. The fourth-order valence-corrected chi connectivity index (χ4v) is 8.48. The lowest BCUT2D eigenvalue weighted by Crippen LogP contribution is -2.71. The number of likely N-dealkylation sites (tertiary alicyclic amines) is 1. The molecule has 0 saturated carbocycles. The van der Waals surface area contributed by atoms with Crippen LogP contribution in [0.15, 0.2) is 72.1 Å². The molecule has 5 rings (SSSR count). The quantitative estimate of drug-likeness (QED) is 0.137. The molecule has 0 spiro atoms. The summed E-state index contributed by atoms with van der Waals surface area (Å²) in [5, 5.41) is 15.6. The number of methoxy groups -OCH3 is 2. The van der Waals surface area contributed by atoms with E-state index in [0.717, 1.165) is 15.6 Å². The number of carbonyl (C=O) groups excluding carboxylic acids is 1. The second kappa shape index (κ2) is 14.9. The molecule has 3 atom stereocenters. The minimum Gasteiger partial charge on any atom is -0.497 e. The van der Waals surface area contributed by atoms with Gasteiger partial charge in [0.1, 0.15) is 17.7 Å². The van der Waals surface area contributed by atoms with E-state index >= 15 is 0 Å². The van der Waals surface area contributed by atoms with Gasteiger partial charge in [0, 0.05) is 57.8 Å². The van der Waals surface area contributed by atoms with E-state index in [1.54, 1.807) is 42.3 Å². The number of fused-ring (bicyclic) bond motifs is 1. The van der Waals surface area contributed by atoms with Crippen molar-refractivity contribution in [1.82, 2.24) is 14.5 Å². The van der Waals surface area contributed by atoms with Crippen molar-refractivity contribution in [2.24, 2.45) is 0 Å². The van der Waals surface area contributed by atoms with E-state index in [9.17, 15) is 18.3 Å². The van der Waals surface area contributed by atoms with Crippen molar-refractivity contribution >= 4 is 49.0 Å². The van der Waals surface area contributed by atoms with Crippen molar-refractivity contribution in [1.29, 1.82) is 0 Å². The topological polar surface area (TPSA) is 108 Å². The third-order valence-corrected chi connectivity index (χ3v) is 12.0. The molecule has 12 heteroatoms. The van der Waals surface area contributed by atoms with Crippen LogP contribution in [0.25, 0.3) is 10.1 Å². The molecule has 0 radical (unpaired) electrons. The SMILES string of the molecule is CCC1(C(O)N(CCCS(=O)(=O)NCc2ccc(OC)cc2OC)[C@@H](C)c2ccc(Cl)cc2)CCN1C(=O)c1csc2ccccc12. The maximum absolute atomic E-state index is 14.0. The lowest BCUT2D eigenvalue weighted by Gasteiger charge is -2.57. The van der Waals surface area contributed by atoms with Crippen LogP contribution in [0.1, 0.15) is 60.6 Å². The van der Waals surface area contributed by atoms with Gasteiger partial charge in [0.2, 0.25) is 10.0 Å². The molecule has 252 valence electrons. The number of amides is 1. The molecule has 1 aliphatic heterocycles. The van der Waals surface area contributed by atoms with Crippen LogP contribution >= 0.6 is 22.9 Å². The monoisotopic (exact) mass is 699 g/mol. The highest BCUT2D eigenvalue weighted by Gasteiger charge is 2.54. The van der Waals surface area contributed by atoms with E-state index in [2.05, 4.69) is 4.72 Å². The van der Waals surface area contributed by atoms with Gasteiger partial charge in [-0.2, -0.15) is 0 Å². The summed E-state index contributed by atoms with van der Waals surface area (Å²) in [5.41, 5.74) is 1.41. The summed E-state index contributed by atoms with van der Waals surface area (Å²) < 4.78 is 40.6. The Morgan fingerprint density at radius 2 is 1.87 bits per heavy atom. The number of ether oxygens (including phenoxy) is 2. The molecule has 9 nitrogen and oxygen atoms in total. The van der Waals surface area contributed by atoms with E-state index in [1.807, 2.05) is 60.5 Å². The van der Waals surface area contributed by atoms with E-state index in [1.165, 1.54) is 18.4 Å². The highest BCUT2D eigenvalue weighted by atomic mass is 35.5. The number of halogens is 1. The Balaban J connectivity index is 1.34. The number of nitrogens with one attached hydrogen (secondary N) is 1. The lowest BCUT2D eigenvalue weighted by molar-refractivity contribution is -0.159. The minimum absolute atomic E-state index is 0.0658. The number of thiophene rings is 1. The number of carbonyl (C=O) groups is 1. The molecular weight excluding hydrogens is 658 g/mol. The molecule has 2 heterocycles. The first-order valence-corrected chi connectivity index (χ1v) is 18.6. The molecule has 1 saturated heterocycles. The van der Waals surface area contributed by atoms with E-state index in [0.29, 0.717) is 47.0 Å². The lowest BCUT2D eigenvalue weighted by atomic mass is 9.78. The van der Waals surface area contributed by atoms with Crippen LogP contribution in [0.3, 0.4) is 0 Å². The first-order chi connectivity index (χ1) is 22.5. The van der Waals surface area contributed by atoms with Crippen molar-refractivity contribution in [3.8, 4) is 11.5 Å². The Hall–Kier alpha value is -3.19. The normalized spacial score (nSPS) is 17.8. The van der Waals surface area contributed by atoms with Gasteiger partial charge in [0.15, 0.2) is 0 Å². The third-order valence-electron chi connectivity index (χ3n) is 9.33. The zero-order valence-corrected chi connectivity index (χ0v) is 29.5. The summed E-state index contributed by atoms with van der Waals surface area (Å²) in [4.78, 5) is 17.7. The van der Waals surface area contributed by atoms with Gasteiger partial charge < -0.3 is 19.5 Å². The Bertz CT molecular complexity index is 1790. The number of hydrogen-bond acceptors (Lipinski definition) is 8. The molecule has 2 unspecified atom stereocenters. The predicted octanol–water partition coefficient (Wildman–Crippen LogP) is 6.46. The van der Waals surface area contributed by atoms with Crippen LogP contribution in [0.5, 0.6) is 11.5 Å². The van der Waals surface area contributed by atoms with Gasteiger partial charge in [-0.25, -0.2) is 13.1 Å². The number of aliphatic hydroxyl groups is 1. The first-order valence-electron chi connectivity index (χ1n) is 15.7. The number of aliphatic hydroxyl groups excluding tert-OH is 1. The van der Waals surface area contributed by atoms with E-state index in [-0.39, 0.29) is 37.2 Å². The number of sulfonamides is 1. The number of hydrogen-bond donors (Lipinski definition) is 2. The highest BCUT2D eigenvalue weighted by molar-refractivity contribution is 7.89. The molecule has 0 aliphatic carbocycles. The van der Waals surface area contributed by atoms with Crippen LogP contribution < -0.4 is 14.2 Å². The summed E-state index contributed by atoms with van der Waals surface area (Å²) >= 11 is 7.71. The third kappa shape index (κ3) is 7.45. The van der Waals surface area contributed by atoms with Gasteiger partial charge in [-0.3, -0.25) is 9.69 Å². The summed E-state index contributed by atoms with van der Waals surface area (Å²) in [5.74, 6) is 0.889. The zero-order valence-electron chi connectivity index (χ0n) is 27.1. The molecule has 4 aromatic rings. The molecule has 1 aliphatic rings. The Kier molecular flexibility index (Phi) is 11.2. The van der Waals surface area contributed by atoms with Gasteiger partial charge in [0.05, 0.1) is 31.1 Å². The maximum atomic E-state index is 14.0. The molecule has 47 heavy (non-hydrogen) atoms. The van der Waals surface area contributed by atoms with Crippen molar-refractivity contribution in [3.63, 3.8) is 0 Å². The van der Waals surface area contributed by atoms with Crippen LogP contribution in [-0.2, 0) is 16.6 Å². The summed E-state index contributed by atoms with van der Waals surface area (Å²) in [6.07, 6.45) is 0.383. The fraction of sp³-hybridized carbons (Fsp3) is 0.400. The average molecular weight is 700 g/mol. The van der Waals surface area contributed by atoms with Gasteiger partial charge in [-0.1, -0.05) is 54.9 Å². The first kappa shape index (κ1) is 35.1. The number of rotatable bonds is 15. The van der Waals surface area contributed by atoms with Crippen LogP contribution in [0.4, 0.5) is 0 Å². The van der Waals surface area contributed by atoms with Crippen molar-refractivity contribution in [2.75, 3.05) is 33.1 Å². The minimum atomic E-state index is -3.67. The largest absolute Gasteiger partial charge is 0.497 e. The standard InChI is InChI=1S/C35H42ClN3O6S2/c1-5-35(17-19-39(35)33(40)30-23-46-32-10-7-6-9-29(30)32)34(41)38(24(2)25-11-14-27(36)15-12-25)18-8-20-47(42,43)37-22-26-13-16-28(44-3)21-31(26)45-4/h6-7,9-16,21,23-24,34,37,41H,5,8,17-20,22H2,1-4H3/t24-,34?,35?/m0/s1. The molecule has 2 N–H and O–H groups in total. The van der Waals surface area contributed by atoms with Crippen LogP contribution in [0, 0.1) is 0 Å². The number of nitrogens with zero attached hydrogens (tertiary/aromatic N) is 2. The molecule has 3 aromatic carbocycles. The zero-order chi connectivity index (χ0) is 33.8. The Labute approximate surface area is 286 Å². The van der Waals surface area contributed by atoms with Crippen molar-refractivity contribution in [3.05, 3.63) is 93.8 Å². The predicted molar refractivity (Wildman–Crippen MR) is 188 cm³/mol. The van der Waals surface area contributed by atoms with Gasteiger partial charge in [-0.05, 0) is 56.0 Å². The summed E-state index contributed by atoms with van der Waals surface area (Å²) in [7, 11) is -0.591. The van der Waals surface area contributed by atoms with Crippen molar-refractivity contribution in [2.45, 2.75) is 57.5 Å². The van der Waals surface area contributed by atoms with E-state index in [4.69, 9.17) is 21.1 Å². The Morgan fingerprint density at radius 1 is 1.13 bits per heavy atom. The second-order valence-corrected chi connectivity index (χ2v) is 15.1. The molecule has 1 fully saturated rings. The second-order valence-electron chi connectivity index (χ2n) is 11.8. The van der Waals surface area contributed by atoms with Gasteiger partial charge in [0.25, 0.3) is 5.91 Å². The molecular formula is C35H42ClN3O6S2. The van der Waals surface area contributed by atoms with E-state index < -0.39 is 21.8 Å². The highest BCUT2D eigenvalue weighted by Crippen LogP contribution is 2.43. The molecule has 1 aromatic heterocycles. The Morgan fingerprint density at radius 3 is 2.53 bits per heavy atom. The van der Waals surface area contributed by atoms with Gasteiger partial charge >= 0.3 is 0 Å². The fourth-order valence-electron chi connectivity index (χ4n) is 6.39. The summed E-state index contributed by atoms with van der Waals surface area (Å²) in [6, 6.07) is 20.2. The van der Waals surface area contributed by atoms with Gasteiger partial charge in [-0.15, -0.1) is 11.3 Å². The number of benzene rings is 3. The van der Waals surface area contributed by atoms with Crippen LogP contribution in [-0.4, -0.2) is 74.1 Å². The summed E-state index contributed by atoms with van der Waals surface area (Å²) in [6.45, 7) is 4.85. The average Bonchev–Trinajstić information content (AvgIpc) is 3.50.